The zero-order valence-electron chi connectivity index (χ0n) is 2.59. The van der Waals surface area contributed by atoms with Crippen molar-refractivity contribution in [3.8, 4) is 0 Å². The first-order valence-corrected chi connectivity index (χ1v) is 2.56. The van der Waals surface area contributed by atoms with E-state index in [1.165, 1.54) is 0 Å². The van der Waals surface area contributed by atoms with Crippen molar-refractivity contribution < 1.29 is 17.8 Å². The quantitative estimate of drug-likeness (QED) is 0.297. The molecule has 3 heteroatoms. The maximum Gasteiger partial charge on any atom is 0.382 e. The van der Waals surface area contributed by atoms with E-state index in [4.69, 9.17) is 0 Å². The number of hydrogen-bond acceptors (Lipinski definition) is 0. The third-order valence-electron chi connectivity index (χ3n) is 0. The lowest BCUT2D eigenvalue weighted by molar-refractivity contribution is -0.179. The van der Waals surface area contributed by atoms with Gasteiger partial charge in [0.05, 0.1) is 0 Å². The summed E-state index contributed by atoms with van der Waals surface area (Å²) in [5.74, 6) is 0. The van der Waals surface area contributed by atoms with Crippen LogP contribution in [0.4, 0.5) is 0 Å². The molecule has 0 unspecified atom stereocenters. The van der Waals surface area contributed by atoms with E-state index in [2.05, 4.69) is 5.40 Å². The van der Waals surface area contributed by atoms with Crippen LogP contribution in [0.2, 0.25) is 6.55 Å². The summed E-state index contributed by atoms with van der Waals surface area (Å²) in [4.78, 5) is 0. The van der Waals surface area contributed by atoms with Crippen molar-refractivity contribution in [2.75, 3.05) is 0 Å². The molecule has 1 nitrogen and oxygen atoms in total. The van der Waals surface area contributed by atoms with Crippen molar-refractivity contribution in [3.05, 3.63) is 0 Å². The van der Waals surface area contributed by atoms with Gasteiger partial charge in [-0.1, -0.05) is 0 Å². The SMILES string of the molecule is C[Si][NH3+].[Cl-]. The minimum atomic E-state index is 0. The van der Waals surface area contributed by atoms with Crippen LogP contribution in [0.5, 0.6) is 0 Å². The lowest BCUT2D eigenvalue weighted by Crippen LogP contribution is -3.00. The Morgan fingerprint density at radius 3 is 1.75 bits per heavy atom. The van der Waals surface area contributed by atoms with Crippen LogP contribution in [0.1, 0.15) is 0 Å². The summed E-state index contributed by atoms with van der Waals surface area (Å²) >= 11 is 0. The molecule has 0 fully saturated rings. The molecular weight excluding hydrogens is 89.6 g/mol. The number of hydrogen-bond donors (Lipinski definition) is 1. The normalized spacial score (nSPS) is 4.50. The van der Waals surface area contributed by atoms with Gasteiger partial charge >= 0.3 is 9.68 Å². The van der Waals surface area contributed by atoms with Gasteiger partial charge < -0.3 is 17.8 Å². The molecule has 3 N–H and O–H groups in total. The first-order valence-electron chi connectivity index (χ1n) is 0.854. The third-order valence-corrected chi connectivity index (χ3v) is 0. The lowest BCUT2D eigenvalue weighted by Gasteiger charge is -1.38. The van der Waals surface area contributed by atoms with Gasteiger partial charge in [0.2, 0.25) is 0 Å². The van der Waals surface area contributed by atoms with E-state index in [0.29, 0.717) is 0 Å². The van der Waals surface area contributed by atoms with Gasteiger partial charge in [-0.15, -0.1) is 0 Å². The van der Waals surface area contributed by atoms with Crippen molar-refractivity contribution in [1.82, 2.24) is 0 Å². The van der Waals surface area contributed by atoms with E-state index in [1.54, 1.807) is 0 Å². The van der Waals surface area contributed by atoms with Crippen LogP contribution in [0, 0.1) is 0 Å². The molecule has 0 rings (SSSR count). The van der Waals surface area contributed by atoms with Crippen LogP contribution in [-0.4, -0.2) is 9.68 Å². The summed E-state index contributed by atoms with van der Waals surface area (Å²) < 4.78 is 0. The van der Waals surface area contributed by atoms with Gasteiger partial charge in [-0.25, -0.2) is 0 Å². The van der Waals surface area contributed by atoms with Crippen LogP contribution in [-0.2, 0) is 0 Å². The maximum absolute atomic E-state index is 3.51. The fourth-order valence-corrected chi connectivity index (χ4v) is 0. The fraction of sp³-hybridized carbons (Fsp3) is 1.00. The molecule has 0 aliphatic rings. The molecule has 0 aromatic heterocycles. The van der Waals surface area contributed by atoms with E-state index in [0.717, 1.165) is 9.68 Å². The Hall–Kier alpha value is 0.467. The number of rotatable bonds is 0. The molecule has 0 bridgehead atoms. The zero-order valence-corrected chi connectivity index (χ0v) is 4.34. The molecule has 26 valence electrons. The minimum Gasteiger partial charge on any atom is -1.00 e. The van der Waals surface area contributed by atoms with Crippen LogP contribution in [0.3, 0.4) is 0 Å². The van der Waals surface area contributed by atoms with Gasteiger partial charge in [-0.3, -0.25) is 0 Å². The summed E-state index contributed by atoms with van der Waals surface area (Å²) in [5, 5.41) is 3.51. The summed E-state index contributed by atoms with van der Waals surface area (Å²) in [6, 6.07) is 0. The molecular formula is CH6ClNSi. The summed E-state index contributed by atoms with van der Waals surface area (Å²) in [5.41, 5.74) is 0. The van der Waals surface area contributed by atoms with Gasteiger partial charge in [-0.05, 0) is 6.55 Å². The average molecular weight is 95.6 g/mol. The van der Waals surface area contributed by atoms with Crippen LogP contribution < -0.4 is 17.8 Å². The Morgan fingerprint density at radius 2 is 1.75 bits per heavy atom. The predicted molar refractivity (Wildman–Crippen MR) is 14.5 cm³/mol. The Labute approximate surface area is 34.9 Å². The topological polar surface area (TPSA) is 27.6 Å². The van der Waals surface area contributed by atoms with Crippen molar-refractivity contribution in [3.63, 3.8) is 0 Å². The molecule has 0 aromatic rings. The molecule has 0 amide bonds. The Bertz CT molecular complexity index is 8.00. The second kappa shape index (κ2) is 9.80. The van der Waals surface area contributed by atoms with E-state index >= 15 is 0 Å². The Morgan fingerprint density at radius 1 is 1.75 bits per heavy atom. The molecule has 0 spiro atoms. The molecule has 0 aliphatic heterocycles. The van der Waals surface area contributed by atoms with Crippen molar-refractivity contribution >= 4 is 9.68 Å². The zero-order chi connectivity index (χ0) is 2.71. The van der Waals surface area contributed by atoms with Gasteiger partial charge in [0.1, 0.15) is 0 Å². The lowest BCUT2D eigenvalue weighted by atomic mass is 11.9. The highest BCUT2D eigenvalue weighted by atomic mass is 35.5. The van der Waals surface area contributed by atoms with Crippen molar-refractivity contribution in [2.45, 2.75) is 6.55 Å². The number of quaternary nitrogens is 1. The van der Waals surface area contributed by atoms with Gasteiger partial charge in [-0.2, -0.15) is 0 Å². The van der Waals surface area contributed by atoms with Crippen LogP contribution in [0.15, 0.2) is 0 Å². The van der Waals surface area contributed by atoms with E-state index in [9.17, 15) is 0 Å². The van der Waals surface area contributed by atoms with Crippen LogP contribution >= 0.6 is 0 Å². The monoisotopic (exact) mass is 95.0 g/mol. The molecule has 0 aliphatic carbocycles. The minimum absolute atomic E-state index is 0. The number of halogens is 1. The molecule has 0 saturated heterocycles. The third kappa shape index (κ3) is 24.4. The Kier molecular flexibility index (Phi) is 21.6. The van der Waals surface area contributed by atoms with Crippen molar-refractivity contribution in [2.24, 2.45) is 0 Å². The molecule has 0 atom stereocenters. The Balaban J connectivity index is 0. The summed E-state index contributed by atoms with van der Waals surface area (Å²) in [6.07, 6.45) is 0. The van der Waals surface area contributed by atoms with Gasteiger partial charge in [0.15, 0.2) is 0 Å². The molecule has 0 aromatic carbocycles. The van der Waals surface area contributed by atoms with E-state index in [1.807, 2.05) is 6.55 Å². The van der Waals surface area contributed by atoms with E-state index in [-0.39, 0.29) is 12.4 Å². The highest BCUT2D eigenvalue weighted by Gasteiger charge is 1.54. The fourth-order valence-electron chi connectivity index (χ4n) is 0. The highest BCUT2D eigenvalue weighted by molar-refractivity contribution is 6.20. The first kappa shape index (κ1) is 8.82. The second-order valence-corrected chi connectivity index (χ2v) is 1.06. The van der Waals surface area contributed by atoms with Gasteiger partial charge in [0.25, 0.3) is 0 Å². The molecule has 0 heterocycles. The van der Waals surface area contributed by atoms with Crippen molar-refractivity contribution in [1.29, 1.82) is 0 Å². The van der Waals surface area contributed by atoms with Gasteiger partial charge in [0, 0.05) is 0 Å². The highest BCUT2D eigenvalue weighted by Crippen LogP contribution is 1.09. The summed E-state index contributed by atoms with van der Waals surface area (Å²) in [6.45, 7) is 2.04. The largest absolute Gasteiger partial charge is 1.00 e. The second-order valence-electron chi connectivity index (χ2n) is 0.354. The van der Waals surface area contributed by atoms with E-state index < -0.39 is 0 Å². The van der Waals surface area contributed by atoms with Crippen LogP contribution in [0.25, 0.3) is 0 Å². The molecule has 2 radical (unpaired) electrons. The first-order chi connectivity index (χ1) is 1.41. The standard InChI is InChI=1S/CH6NSi.ClH/c1-3-2;/h1-2H3;1H/q+1;/p-1. The summed E-state index contributed by atoms with van der Waals surface area (Å²) in [7, 11) is 0.833. The molecule has 4 heavy (non-hydrogen) atoms. The average Bonchev–Trinajstić information content (AvgIpc) is 0.918. The maximum atomic E-state index is 3.51. The molecule has 0 saturated carbocycles. The smallest absolute Gasteiger partial charge is 0.382 e. The predicted octanol–water partition coefficient (Wildman–Crippen LogP) is -4.10.